The van der Waals surface area contributed by atoms with Crippen LogP contribution in [0.25, 0.3) is 0 Å². The van der Waals surface area contributed by atoms with Gasteiger partial charge in [-0.2, -0.15) is 23.5 Å². The molecule has 0 N–H and O–H groups in total. The Bertz CT molecular complexity index is 1010. The zero-order chi connectivity index (χ0) is 30.6. The second kappa shape index (κ2) is 21.2. The minimum absolute atomic E-state index is 0.180. The number of benzene rings is 2. The van der Waals surface area contributed by atoms with Gasteiger partial charge in [-0.15, -0.1) is 0 Å². The van der Waals surface area contributed by atoms with E-state index in [-0.39, 0.29) is 24.3 Å². The van der Waals surface area contributed by atoms with E-state index in [0.29, 0.717) is 19.8 Å². The first kappa shape index (κ1) is 35.9. The average molecular weight is 637 g/mol. The van der Waals surface area contributed by atoms with Gasteiger partial charge in [0.15, 0.2) is 13.6 Å². The number of unbranched alkanes of at least 4 members (excludes halogenated alkanes) is 6. The number of hydrogen-bond donors (Lipinski definition) is 0. The smallest absolute Gasteiger partial charge is 0.188 e. The molecule has 2 atom stereocenters. The minimum Gasteiger partial charge on any atom is -0.492 e. The van der Waals surface area contributed by atoms with Crippen molar-refractivity contribution in [1.29, 1.82) is 0 Å². The Labute approximate surface area is 268 Å². The lowest BCUT2D eigenvalue weighted by atomic mass is 9.76. The van der Waals surface area contributed by atoms with Gasteiger partial charge < -0.3 is 33.2 Å². The number of fused-ring (bicyclic) bond motifs is 1. The molecule has 7 nitrogen and oxygen atoms in total. The molecule has 0 saturated carbocycles. The van der Waals surface area contributed by atoms with Gasteiger partial charge in [-0.25, -0.2) is 0 Å². The molecular formula is C34H52O7S2. The van der Waals surface area contributed by atoms with E-state index in [9.17, 15) is 0 Å². The fourth-order valence-electron chi connectivity index (χ4n) is 5.14. The van der Waals surface area contributed by atoms with Crippen LogP contribution in [0.4, 0.5) is 0 Å². The Morgan fingerprint density at radius 3 is 2.07 bits per heavy atom. The maximum Gasteiger partial charge on any atom is 0.188 e. The Morgan fingerprint density at radius 2 is 1.37 bits per heavy atom. The van der Waals surface area contributed by atoms with Gasteiger partial charge in [0.2, 0.25) is 0 Å². The second-order valence-electron chi connectivity index (χ2n) is 11.0. The largest absolute Gasteiger partial charge is 0.492 e. The summed E-state index contributed by atoms with van der Waals surface area (Å²) in [5.74, 6) is 5.91. The highest BCUT2D eigenvalue weighted by Gasteiger charge is 2.43. The molecule has 1 aliphatic rings. The molecule has 3 rings (SSSR count). The Balaban J connectivity index is 1.45. The van der Waals surface area contributed by atoms with E-state index in [1.807, 2.05) is 36.0 Å². The first-order valence-electron chi connectivity index (χ1n) is 15.5. The fourth-order valence-corrected chi connectivity index (χ4v) is 7.54. The monoisotopic (exact) mass is 636 g/mol. The van der Waals surface area contributed by atoms with Crippen LogP contribution in [-0.4, -0.2) is 78.6 Å². The summed E-state index contributed by atoms with van der Waals surface area (Å²) in [7, 11) is 4.97. The lowest BCUT2D eigenvalue weighted by Crippen LogP contribution is -2.39. The van der Waals surface area contributed by atoms with Gasteiger partial charge in [0, 0.05) is 49.4 Å². The number of methoxy groups -OCH3 is 3. The molecule has 0 radical (unpaired) electrons. The van der Waals surface area contributed by atoms with E-state index in [1.54, 1.807) is 21.3 Å². The topological polar surface area (TPSA) is 64.6 Å². The predicted octanol–water partition coefficient (Wildman–Crippen LogP) is 7.90. The van der Waals surface area contributed by atoms with Crippen molar-refractivity contribution >= 4 is 23.5 Å². The van der Waals surface area contributed by atoms with Crippen LogP contribution in [-0.2, 0) is 24.4 Å². The highest BCUT2D eigenvalue weighted by atomic mass is 32.2. The molecule has 2 aromatic rings. The minimum atomic E-state index is -0.180. The lowest BCUT2D eigenvalue weighted by molar-refractivity contribution is 0.0506. The Hall–Kier alpha value is -1.62. The normalized spacial score (nSPS) is 17.8. The van der Waals surface area contributed by atoms with Gasteiger partial charge in [0.25, 0.3) is 0 Å². The highest BCUT2D eigenvalue weighted by molar-refractivity contribution is 7.99. The molecule has 2 unspecified atom stereocenters. The number of hydrogen-bond acceptors (Lipinski definition) is 9. The van der Waals surface area contributed by atoms with Gasteiger partial charge in [0.1, 0.15) is 17.2 Å². The molecule has 0 bridgehead atoms. The summed E-state index contributed by atoms with van der Waals surface area (Å²) in [6.07, 6.45) is 9.11. The van der Waals surface area contributed by atoms with Gasteiger partial charge in [0.05, 0.1) is 26.4 Å². The van der Waals surface area contributed by atoms with Crippen molar-refractivity contribution in [3.05, 3.63) is 53.6 Å². The van der Waals surface area contributed by atoms with Crippen LogP contribution >= 0.6 is 23.5 Å². The fraction of sp³-hybridized carbons (Fsp3) is 0.647. The standard InChI is InChI=1S/C34H52O7S2/c1-34(28-12-14-29(15-13-28)40-26-36-3)25-39-32-24-30(41-27-37-4)16-17-31(32)33(34)43-22-11-9-7-5-6-8-10-21-42-23-20-38-19-18-35-2/h12-17,24,33H,5-11,18-23,25-27H2,1-4H3. The quantitative estimate of drug-likeness (QED) is 0.0845. The van der Waals surface area contributed by atoms with Gasteiger partial charge >= 0.3 is 0 Å². The zero-order valence-corrected chi connectivity index (χ0v) is 28.2. The summed E-state index contributed by atoms with van der Waals surface area (Å²) in [4.78, 5) is 0. The molecule has 1 heterocycles. The molecule has 0 spiro atoms. The van der Waals surface area contributed by atoms with Gasteiger partial charge in [-0.3, -0.25) is 0 Å². The first-order chi connectivity index (χ1) is 21.1. The number of ether oxygens (including phenoxy) is 7. The molecule has 1 aliphatic heterocycles. The third-order valence-corrected chi connectivity index (χ3v) is 10.3. The molecule has 0 fully saturated rings. The first-order valence-corrected chi connectivity index (χ1v) is 17.7. The number of rotatable bonds is 24. The lowest BCUT2D eigenvalue weighted by Gasteiger charge is -2.42. The maximum absolute atomic E-state index is 6.37. The predicted molar refractivity (Wildman–Crippen MR) is 178 cm³/mol. The van der Waals surface area contributed by atoms with Crippen LogP contribution in [0.3, 0.4) is 0 Å². The molecule has 0 saturated heterocycles. The summed E-state index contributed by atoms with van der Waals surface area (Å²) in [5.41, 5.74) is 2.29. The summed E-state index contributed by atoms with van der Waals surface area (Å²) in [6, 6.07) is 14.6. The van der Waals surface area contributed by atoms with Crippen LogP contribution in [0.5, 0.6) is 17.2 Å². The van der Waals surface area contributed by atoms with Crippen LogP contribution in [0, 0.1) is 0 Å². The summed E-state index contributed by atoms with van der Waals surface area (Å²) >= 11 is 4.05. The van der Waals surface area contributed by atoms with Crippen LogP contribution in [0.15, 0.2) is 42.5 Å². The molecule has 0 aromatic heterocycles. The van der Waals surface area contributed by atoms with Crippen LogP contribution < -0.4 is 14.2 Å². The summed E-state index contributed by atoms with van der Waals surface area (Å²) in [6.45, 7) is 5.58. The zero-order valence-electron chi connectivity index (χ0n) is 26.6. The average Bonchev–Trinajstić information content (AvgIpc) is 3.03. The van der Waals surface area contributed by atoms with E-state index in [2.05, 4.69) is 36.9 Å². The van der Waals surface area contributed by atoms with Crippen molar-refractivity contribution in [1.82, 2.24) is 0 Å². The molecular weight excluding hydrogens is 585 g/mol. The highest BCUT2D eigenvalue weighted by Crippen LogP contribution is 2.53. The molecule has 9 heteroatoms. The van der Waals surface area contributed by atoms with E-state index < -0.39 is 0 Å². The molecule has 2 aromatic carbocycles. The molecule has 0 aliphatic carbocycles. The third-order valence-electron chi connectivity index (χ3n) is 7.60. The van der Waals surface area contributed by atoms with Crippen LogP contribution in [0.2, 0.25) is 0 Å². The van der Waals surface area contributed by atoms with Crippen molar-refractivity contribution in [3.63, 3.8) is 0 Å². The molecule has 242 valence electrons. The number of thioether (sulfide) groups is 2. The third kappa shape index (κ3) is 12.4. The van der Waals surface area contributed by atoms with Crippen molar-refractivity contribution in [2.24, 2.45) is 0 Å². The van der Waals surface area contributed by atoms with E-state index in [4.69, 9.17) is 33.2 Å². The SMILES string of the molecule is COCCOCCSCCCCCCCCCSC1c2ccc(OCOC)cc2OCC1(C)c1ccc(OCOC)cc1. The molecule has 0 amide bonds. The van der Waals surface area contributed by atoms with Gasteiger partial charge in [-0.05, 0) is 48.1 Å². The van der Waals surface area contributed by atoms with Crippen molar-refractivity contribution in [2.75, 3.05) is 78.6 Å². The van der Waals surface area contributed by atoms with Crippen LogP contribution in [0.1, 0.15) is 68.2 Å². The maximum atomic E-state index is 6.37. The van der Waals surface area contributed by atoms with Crippen molar-refractivity contribution in [2.45, 2.75) is 62.5 Å². The summed E-state index contributed by atoms with van der Waals surface area (Å²) in [5, 5.41) is 0.265. The second-order valence-corrected chi connectivity index (χ2v) is 13.4. The molecule has 43 heavy (non-hydrogen) atoms. The summed E-state index contributed by atoms with van der Waals surface area (Å²) < 4.78 is 38.3. The van der Waals surface area contributed by atoms with E-state index >= 15 is 0 Å². The Kier molecular flexibility index (Phi) is 17.7. The van der Waals surface area contributed by atoms with Gasteiger partial charge in [-0.1, -0.05) is 57.2 Å². The van der Waals surface area contributed by atoms with E-state index in [1.165, 1.54) is 61.8 Å². The van der Waals surface area contributed by atoms with E-state index in [0.717, 1.165) is 35.4 Å². The Morgan fingerprint density at radius 1 is 0.721 bits per heavy atom. The van der Waals surface area contributed by atoms with Crippen molar-refractivity contribution < 1.29 is 33.2 Å². The van der Waals surface area contributed by atoms with Crippen molar-refractivity contribution in [3.8, 4) is 17.2 Å².